The van der Waals surface area contributed by atoms with E-state index in [2.05, 4.69) is 30.7 Å². The average molecular weight is 623 g/mol. The van der Waals surface area contributed by atoms with Crippen LogP contribution in [0, 0.1) is 0 Å². The normalized spacial score (nSPS) is 15.3. The van der Waals surface area contributed by atoms with Crippen LogP contribution in [0.1, 0.15) is 181 Å². The SMILES string of the molecule is CCCCCCCCCCCCCOC(=O)CCN(CCC(=O)OCCCCCCCCCCCCC)CC1CCCN1C. The molecule has 0 aromatic carbocycles. The molecule has 1 heterocycles. The molecular weight excluding hydrogens is 548 g/mol. The van der Waals surface area contributed by atoms with Crippen molar-refractivity contribution in [2.24, 2.45) is 0 Å². The third-order valence-electron chi connectivity index (χ3n) is 9.43. The minimum atomic E-state index is -0.110. The second-order valence-electron chi connectivity index (χ2n) is 13.6. The Bertz CT molecular complexity index is 615. The summed E-state index contributed by atoms with van der Waals surface area (Å²) in [7, 11) is 2.18. The fraction of sp³-hybridized carbons (Fsp3) is 0.947. The number of rotatable bonds is 32. The van der Waals surface area contributed by atoms with E-state index in [0.29, 0.717) is 45.2 Å². The monoisotopic (exact) mass is 623 g/mol. The van der Waals surface area contributed by atoms with E-state index in [-0.39, 0.29) is 11.9 Å². The topological polar surface area (TPSA) is 59.1 Å². The quantitative estimate of drug-likeness (QED) is 0.0550. The van der Waals surface area contributed by atoms with Gasteiger partial charge in [-0.1, -0.05) is 142 Å². The number of ether oxygens (including phenoxy) is 2. The molecule has 0 bridgehead atoms. The van der Waals surface area contributed by atoms with E-state index in [4.69, 9.17) is 9.47 Å². The maximum absolute atomic E-state index is 12.5. The highest BCUT2D eigenvalue weighted by atomic mass is 16.5. The Kier molecular flexibility index (Phi) is 28.3. The van der Waals surface area contributed by atoms with Crippen molar-refractivity contribution >= 4 is 11.9 Å². The Morgan fingerprint density at radius 2 is 0.955 bits per heavy atom. The number of nitrogens with zero attached hydrogens (tertiary/aromatic N) is 2. The molecule has 1 atom stereocenters. The van der Waals surface area contributed by atoms with E-state index in [0.717, 1.165) is 38.8 Å². The molecule has 1 rings (SSSR count). The Labute approximate surface area is 273 Å². The van der Waals surface area contributed by atoms with Gasteiger partial charge in [-0.05, 0) is 39.3 Å². The van der Waals surface area contributed by atoms with Gasteiger partial charge in [-0.2, -0.15) is 0 Å². The Balaban J connectivity index is 2.13. The molecule has 0 radical (unpaired) electrons. The third kappa shape index (κ3) is 25.1. The molecule has 1 aliphatic rings. The van der Waals surface area contributed by atoms with Crippen LogP contribution in [0.3, 0.4) is 0 Å². The van der Waals surface area contributed by atoms with Crippen molar-refractivity contribution in [3.05, 3.63) is 0 Å². The molecule has 260 valence electrons. The third-order valence-corrected chi connectivity index (χ3v) is 9.43. The van der Waals surface area contributed by atoms with Crippen molar-refractivity contribution < 1.29 is 19.1 Å². The first kappa shape index (κ1) is 40.9. The van der Waals surface area contributed by atoms with Crippen LogP contribution in [-0.2, 0) is 19.1 Å². The maximum Gasteiger partial charge on any atom is 0.307 e. The summed E-state index contributed by atoms with van der Waals surface area (Å²) in [6.07, 6.45) is 31.6. The average Bonchev–Trinajstić information content (AvgIpc) is 3.43. The van der Waals surface area contributed by atoms with Crippen LogP contribution in [0.15, 0.2) is 0 Å². The molecule has 1 fully saturated rings. The zero-order chi connectivity index (χ0) is 31.9. The van der Waals surface area contributed by atoms with Gasteiger partial charge < -0.3 is 19.3 Å². The van der Waals surface area contributed by atoms with Gasteiger partial charge in [-0.15, -0.1) is 0 Å². The van der Waals surface area contributed by atoms with E-state index in [1.807, 2.05) is 0 Å². The van der Waals surface area contributed by atoms with E-state index in [9.17, 15) is 9.59 Å². The first-order chi connectivity index (χ1) is 21.6. The molecule has 6 nitrogen and oxygen atoms in total. The summed E-state index contributed by atoms with van der Waals surface area (Å²) >= 11 is 0. The number of likely N-dealkylation sites (tertiary alicyclic amines) is 1. The Hall–Kier alpha value is -1.14. The van der Waals surface area contributed by atoms with Gasteiger partial charge in [0.05, 0.1) is 26.1 Å². The zero-order valence-corrected chi connectivity index (χ0v) is 29.7. The first-order valence-electron chi connectivity index (χ1n) is 19.3. The summed E-state index contributed by atoms with van der Waals surface area (Å²) in [6, 6.07) is 0.495. The minimum Gasteiger partial charge on any atom is -0.466 e. The molecular formula is C38H74N2O4. The summed E-state index contributed by atoms with van der Waals surface area (Å²) in [4.78, 5) is 29.6. The fourth-order valence-electron chi connectivity index (χ4n) is 6.35. The van der Waals surface area contributed by atoms with Crippen molar-refractivity contribution in [1.82, 2.24) is 9.80 Å². The van der Waals surface area contributed by atoms with Gasteiger partial charge in [-0.3, -0.25) is 9.59 Å². The number of hydrogen-bond donors (Lipinski definition) is 0. The van der Waals surface area contributed by atoms with Crippen molar-refractivity contribution in [3.8, 4) is 0 Å². The first-order valence-corrected chi connectivity index (χ1v) is 19.3. The smallest absolute Gasteiger partial charge is 0.307 e. The van der Waals surface area contributed by atoms with Crippen LogP contribution in [0.5, 0.6) is 0 Å². The molecule has 1 unspecified atom stereocenters. The molecule has 0 aromatic heterocycles. The van der Waals surface area contributed by atoms with Crippen LogP contribution in [0.4, 0.5) is 0 Å². The molecule has 0 N–H and O–H groups in total. The van der Waals surface area contributed by atoms with Crippen molar-refractivity contribution in [3.63, 3.8) is 0 Å². The van der Waals surface area contributed by atoms with E-state index >= 15 is 0 Å². The zero-order valence-electron chi connectivity index (χ0n) is 29.7. The number of likely N-dealkylation sites (N-methyl/N-ethyl adjacent to an activating group) is 1. The highest BCUT2D eigenvalue weighted by Crippen LogP contribution is 2.17. The lowest BCUT2D eigenvalue weighted by atomic mass is 10.1. The van der Waals surface area contributed by atoms with Gasteiger partial charge in [0, 0.05) is 25.7 Å². The fourth-order valence-corrected chi connectivity index (χ4v) is 6.35. The Morgan fingerprint density at radius 1 is 0.591 bits per heavy atom. The van der Waals surface area contributed by atoms with Crippen molar-refractivity contribution in [2.75, 3.05) is 46.4 Å². The van der Waals surface area contributed by atoms with Crippen LogP contribution in [0.2, 0.25) is 0 Å². The predicted octanol–water partition coefficient (Wildman–Crippen LogP) is 9.87. The number of hydrogen-bond acceptors (Lipinski definition) is 6. The van der Waals surface area contributed by atoms with E-state index < -0.39 is 0 Å². The Morgan fingerprint density at radius 3 is 1.30 bits per heavy atom. The summed E-state index contributed by atoms with van der Waals surface area (Å²) in [5, 5.41) is 0. The van der Waals surface area contributed by atoms with Gasteiger partial charge in [0.2, 0.25) is 0 Å². The lowest BCUT2D eigenvalue weighted by Gasteiger charge is -2.28. The predicted molar refractivity (Wildman–Crippen MR) is 186 cm³/mol. The second kappa shape index (κ2) is 30.5. The molecule has 1 aliphatic heterocycles. The van der Waals surface area contributed by atoms with Crippen LogP contribution in [-0.4, -0.2) is 74.2 Å². The molecule has 6 heteroatoms. The summed E-state index contributed by atoms with van der Waals surface area (Å²) < 4.78 is 11.1. The lowest BCUT2D eigenvalue weighted by molar-refractivity contribution is -0.144. The van der Waals surface area contributed by atoms with Gasteiger partial charge in [0.15, 0.2) is 0 Å². The number of unbranched alkanes of at least 4 members (excludes halogenated alkanes) is 20. The molecule has 0 spiro atoms. The maximum atomic E-state index is 12.5. The van der Waals surface area contributed by atoms with Gasteiger partial charge >= 0.3 is 11.9 Å². The molecule has 1 saturated heterocycles. The summed E-state index contributed by atoms with van der Waals surface area (Å²) in [6.45, 7) is 8.92. The molecule has 0 saturated carbocycles. The lowest BCUT2D eigenvalue weighted by Crippen LogP contribution is -2.40. The largest absolute Gasteiger partial charge is 0.466 e. The second-order valence-corrected chi connectivity index (χ2v) is 13.6. The van der Waals surface area contributed by atoms with Crippen LogP contribution >= 0.6 is 0 Å². The summed E-state index contributed by atoms with van der Waals surface area (Å²) in [5.41, 5.74) is 0. The molecule has 0 aliphatic carbocycles. The highest BCUT2D eigenvalue weighted by Gasteiger charge is 2.24. The van der Waals surface area contributed by atoms with E-state index in [1.165, 1.54) is 128 Å². The molecule has 0 aromatic rings. The van der Waals surface area contributed by atoms with Gasteiger partial charge in [0.25, 0.3) is 0 Å². The van der Waals surface area contributed by atoms with Gasteiger partial charge in [0.1, 0.15) is 0 Å². The van der Waals surface area contributed by atoms with E-state index in [1.54, 1.807) is 0 Å². The summed E-state index contributed by atoms with van der Waals surface area (Å²) in [5.74, 6) is -0.221. The van der Waals surface area contributed by atoms with Crippen LogP contribution < -0.4 is 0 Å². The van der Waals surface area contributed by atoms with Crippen molar-refractivity contribution in [1.29, 1.82) is 0 Å². The number of esters is 2. The molecule has 44 heavy (non-hydrogen) atoms. The minimum absolute atomic E-state index is 0.110. The van der Waals surface area contributed by atoms with Crippen molar-refractivity contribution in [2.45, 2.75) is 187 Å². The molecule has 0 amide bonds. The van der Waals surface area contributed by atoms with Crippen LogP contribution in [0.25, 0.3) is 0 Å². The number of carbonyl (C=O) groups excluding carboxylic acids is 2. The van der Waals surface area contributed by atoms with Gasteiger partial charge in [-0.25, -0.2) is 0 Å². The number of carbonyl (C=O) groups is 2. The highest BCUT2D eigenvalue weighted by molar-refractivity contribution is 5.70. The standard InChI is InChI=1S/C38H74N2O4/c1-4-6-8-10-12-14-16-18-20-22-24-33-43-37(41)28-31-40(35-36-27-26-30-39(36)3)32-29-38(42)44-34-25-23-21-19-17-15-13-11-9-7-5-2/h36H,4-35H2,1-3H3.